The maximum Gasteiger partial charge on any atom is 0.256 e. The minimum atomic E-state index is -1.12. The molecular formula is C29H38ClN3O5. The predicted octanol–water partition coefficient (Wildman–Crippen LogP) is 3.77. The second-order valence-electron chi connectivity index (χ2n) is 10.0. The number of hydrogen-bond acceptors (Lipinski definition) is 6. The third-order valence-electron chi connectivity index (χ3n) is 7.46. The maximum absolute atomic E-state index is 12.7. The van der Waals surface area contributed by atoms with E-state index in [1.165, 1.54) is 0 Å². The van der Waals surface area contributed by atoms with Crippen LogP contribution in [0.2, 0.25) is 5.02 Å². The Morgan fingerprint density at radius 3 is 2.26 bits per heavy atom. The lowest BCUT2D eigenvalue weighted by molar-refractivity contribution is -0.144. The van der Waals surface area contributed by atoms with E-state index in [0.717, 1.165) is 44.5 Å². The van der Waals surface area contributed by atoms with Gasteiger partial charge in [0.25, 0.3) is 11.8 Å². The normalized spacial score (nSPS) is 17.9. The zero-order valence-corrected chi connectivity index (χ0v) is 23.0. The zero-order valence-electron chi connectivity index (χ0n) is 22.2. The van der Waals surface area contributed by atoms with Gasteiger partial charge in [-0.25, -0.2) is 0 Å². The molecule has 38 heavy (non-hydrogen) atoms. The Balaban J connectivity index is 1.22. The quantitative estimate of drug-likeness (QED) is 0.518. The van der Waals surface area contributed by atoms with Gasteiger partial charge in [-0.2, -0.15) is 0 Å². The summed E-state index contributed by atoms with van der Waals surface area (Å²) in [5, 5.41) is 10.9. The standard InChI is InChI=1S/C29H38ClN3O5/c1-31(18-19-37-2)28(35)25-9-8-22(20-26(25)30)32-14-10-23(11-15-32)38-24-12-16-33(17-13-24)29(36)27(34)21-6-4-3-5-7-21/h3-9,20,23-24,27,34H,10-19H2,1-2H3/t27-/m1/s1. The first-order chi connectivity index (χ1) is 18.4. The lowest BCUT2D eigenvalue weighted by Gasteiger charge is -2.38. The van der Waals surface area contributed by atoms with Crippen LogP contribution in [-0.4, -0.2) is 92.4 Å². The van der Waals surface area contributed by atoms with E-state index >= 15 is 0 Å². The summed E-state index contributed by atoms with van der Waals surface area (Å²) in [6, 6.07) is 14.7. The van der Waals surface area contributed by atoms with Crippen molar-refractivity contribution >= 4 is 29.1 Å². The van der Waals surface area contributed by atoms with Gasteiger partial charge in [0.15, 0.2) is 6.10 Å². The van der Waals surface area contributed by atoms with Crippen LogP contribution in [0.4, 0.5) is 5.69 Å². The SMILES string of the molecule is COCCN(C)C(=O)c1ccc(N2CCC(OC3CCN(C(=O)[C@H](O)c4ccccc4)CC3)CC2)cc1Cl. The van der Waals surface area contributed by atoms with Crippen LogP contribution in [0.25, 0.3) is 0 Å². The summed E-state index contributed by atoms with van der Waals surface area (Å²) in [6.07, 6.45) is 2.55. The number of halogens is 1. The van der Waals surface area contributed by atoms with Crippen molar-refractivity contribution in [2.75, 3.05) is 58.4 Å². The number of nitrogens with zero attached hydrogens (tertiary/aromatic N) is 3. The third-order valence-corrected chi connectivity index (χ3v) is 7.77. The molecule has 1 atom stereocenters. The van der Waals surface area contributed by atoms with Crippen molar-refractivity contribution in [2.45, 2.75) is 44.0 Å². The number of likely N-dealkylation sites (N-methyl/N-ethyl adjacent to an activating group) is 1. The highest BCUT2D eigenvalue weighted by Gasteiger charge is 2.30. The van der Waals surface area contributed by atoms with Gasteiger partial charge in [0.1, 0.15) is 0 Å². The summed E-state index contributed by atoms with van der Waals surface area (Å²) in [5.74, 6) is -0.357. The van der Waals surface area contributed by atoms with Gasteiger partial charge in [0, 0.05) is 52.6 Å². The molecule has 2 aliphatic rings. The Bertz CT molecular complexity index is 1070. The number of carbonyl (C=O) groups is 2. The fourth-order valence-corrected chi connectivity index (χ4v) is 5.35. The molecule has 0 radical (unpaired) electrons. The van der Waals surface area contributed by atoms with Gasteiger partial charge in [-0.1, -0.05) is 41.9 Å². The number of benzene rings is 2. The molecule has 0 saturated carbocycles. The van der Waals surface area contributed by atoms with Gasteiger partial charge >= 0.3 is 0 Å². The molecule has 2 heterocycles. The van der Waals surface area contributed by atoms with E-state index in [-0.39, 0.29) is 24.0 Å². The Hall–Kier alpha value is -2.65. The van der Waals surface area contributed by atoms with E-state index in [2.05, 4.69) is 4.90 Å². The van der Waals surface area contributed by atoms with E-state index in [9.17, 15) is 14.7 Å². The van der Waals surface area contributed by atoms with E-state index in [1.807, 2.05) is 30.3 Å². The molecule has 2 aliphatic heterocycles. The molecule has 9 heteroatoms. The topological polar surface area (TPSA) is 82.6 Å². The summed E-state index contributed by atoms with van der Waals surface area (Å²) in [7, 11) is 3.35. The van der Waals surface area contributed by atoms with Crippen molar-refractivity contribution in [3.05, 3.63) is 64.7 Å². The number of ether oxygens (including phenoxy) is 2. The second kappa shape index (κ2) is 13.4. The molecule has 8 nitrogen and oxygen atoms in total. The number of likely N-dealkylation sites (tertiary alicyclic amines) is 1. The average Bonchev–Trinajstić information content (AvgIpc) is 2.96. The smallest absolute Gasteiger partial charge is 0.256 e. The van der Waals surface area contributed by atoms with Crippen LogP contribution in [0.3, 0.4) is 0 Å². The van der Waals surface area contributed by atoms with Crippen molar-refractivity contribution in [1.82, 2.24) is 9.80 Å². The summed E-state index contributed by atoms with van der Waals surface area (Å²) in [5.41, 5.74) is 2.13. The molecule has 2 fully saturated rings. The fraction of sp³-hybridized carbons (Fsp3) is 0.517. The van der Waals surface area contributed by atoms with Gasteiger partial charge in [0.05, 0.1) is 29.4 Å². The minimum absolute atomic E-state index is 0.118. The molecule has 0 aromatic heterocycles. The molecule has 4 rings (SSSR count). The number of amides is 2. The highest BCUT2D eigenvalue weighted by Crippen LogP contribution is 2.29. The Morgan fingerprint density at radius 1 is 1.03 bits per heavy atom. The van der Waals surface area contributed by atoms with E-state index in [1.54, 1.807) is 42.2 Å². The number of aliphatic hydroxyl groups excluding tert-OH is 1. The number of carbonyl (C=O) groups excluding carboxylic acids is 2. The molecule has 2 aromatic rings. The van der Waals surface area contributed by atoms with Gasteiger partial charge in [-0.05, 0) is 49.4 Å². The molecule has 2 amide bonds. The summed E-state index contributed by atoms with van der Waals surface area (Å²) < 4.78 is 11.5. The lowest BCUT2D eigenvalue weighted by atomic mass is 10.0. The summed E-state index contributed by atoms with van der Waals surface area (Å²) in [4.78, 5) is 31.0. The molecule has 0 bridgehead atoms. The number of hydrogen-bond donors (Lipinski definition) is 1. The monoisotopic (exact) mass is 543 g/mol. The predicted molar refractivity (Wildman–Crippen MR) is 148 cm³/mol. The Kier molecular flexibility index (Phi) is 10.0. The van der Waals surface area contributed by atoms with E-state index < -0.39 is 6.10 Å². The highest BCUT2D eigenvalue weighted by atomic mass is 35.5. The first-order valence-corrected chi connectivity index (χ1v) is 13.7. The van der Waals surface area contributed by atoms with Crippen molar-refractivity contribution < 1.29 is 24.2 Å². The van der Waals surface area contributed by atoms with Gasteiger partial charge in [-0.3, -0.25) is 9.59 Å². The minimum Gasteiger partial charge on any atom is -0.383 e. The van der Waals surface area contributed by atoms with Crippen LogP contribution in [0, 0.1) is 0 Å². The van der Waals surface area contributed by atoms with E-state index in [4.69, 9.17) is 21.1 Å². The number of piperidine rings is 2. The molecule has 1 N–H and O–H groups in total. The number of rotatable bonds is 9. The lowest BCUT2D eigenvalue weighted by Crippen LogP contribution is -2.45. The van der Waals surface area contributed by atoms with Crippen LogP contribution >= 0.6 is 11.6 Å². The Labute approximate surface area is 230 Å². The molecule has 2 aromatic carbocycles. The number of methoxy groups -OCH3 is 1. The first kappa shape index (κ1) is 28.4. The number of anilines is 1. The van der Waals surface area contributed by atoms with Crippen molar-refractivity contribution in [2.24, 2.45) is 0 Å². The average molecular weight is 544 g/mol. The van der Waals surface area contributed by atoms with Gasteiger partial charge in [-0.15, -0.1) is 0 Å². The van der Waals surface area contributed by atoms with E-state index in [0.29, 0.717) is 42.4 Å². The van der Waals surface area contributed by atoms with Gasteiger partial charge in [0.2, 0.25) is 0 Å². The molecular weight excluding hydrogens is 506 g/mol. The van der Waals surface area contributed by atoms with Crippen molar-refractivity contribution in [1.29, 1.82) is 0 Å². The van der Waals surface area contributed by atoms with Crippen LogP contribution in [0.5, 0.6) is 0 Å². The van der Waals surface area contributed by atoms with Crippen LogP contribution in [0.15, 0.2) is 48.5 Å². The van der Waals surface area contributed by atoms with Crippen molar-refractivity contribution in [3.8, 4) is 0 Å². The molecule has 2 saturated heterocycles. The van der Waals surface area contributed by atoms with Crippen LogP contribution in [-0.2, 0) is 14.3 Å². The molecule has 206 valence electrons. The van der Waals surface area contributed by atoms with Crippen LogP contribution in [0.1, 0.15) is 47.7 Å². The zero-order chi connectivity index (χ0) is 27.1. The van der Waals surface area contributed by atoms with Crippen molar-refractivity contribution in [3.63, 3.8) is 0 Å². The fourth-order valence-electron chi connectivity index (χ4n) is 5.09. The largest absolute Gasteiger partial charge is 0.383 e. The Morgan fingerprint density at radius 2 is 1.66 bits per heavy atom. The molecule has 0 unspecified atom stereocenters. The molecule has 0 aliphatic carbocycles. The summed E-state index contributed by atoms with van der Waals surface area (Å²) >= 11 is 6.49. The molecule has 0 spiro atoms. The second-order valence-corrected chi connectivity index (χ2v) is 10.5. The third kappa shape index (κ3) is 7.05. The van der Waals surface area contributed by atoms with Gasteiger partial charge < -0.3 is 29.3 Å². The summed E-state index contributed by atoms with van der Waals surface area (Å²) in [6.45, 7) is 3.87. The maximum atomic E-state index is 12.7. The first-order valence-electron chi connectivity index (χ1n) is 13.3. The van der Waals surface area contributed by atoms with Crippen LogP contribution < -0.4 is 4.90 Å². The highest BCUT2D eigenvalue weighted by molar-refractivity contribution is 6.34. The number of aliphatic hydroxyl groups is 1.